The topological polar surface area (TPSA) is 94.3 Å². The van der Waals surface area contributed by atoms with Crippen LogP contribution in [0.15, 0.2) is 65.2 Å². The molecule has 8 heteroatoms. The third-order valence-corrected chi connectivity index (χ3v) is 3.01. The van der Waals surface area contributed by atoms with Crippen LogP contribution in [0, 0.1) is 0 Å². The second-order valence-corrected chi connectivity index (χ2v) is 4.79. The molecule has 0 fully saturated rings. The summed E-state index contributed by atoms with van der Waals surface area (Å²) in [6, 6.07) is 6.03. The number of halogens is 3. The van der Waals surface area contributed by atoms with Crippen LogP contribution in [0.1, 0.15) is 21.5 Å². The van der Waals surface area contributed by atoms with Crippen molar-refractivity contribution in [1.29, 1.82) is 0 Å². The van der Waals surface area contributed by atoms with E-state index in [0.717, 1.165) is 12.1 Å². The lowest BCUT2D eigenvalue weighted by atomic mass is 10.1. The fraction of sp³-hybridized carbons (Fsp3) is 0.0625. The summed E-state index contributed by atoms with van der Waals surface area (Å²) >= 11 is 0. The molecule has 1 aromatic carbocycles. The van der Waals surface area contributed by atoms with E-state index >= 15 is 0 Å². The number of alkyl halides is 3. The lowest BCUT2D eigenvalue weighted by molar-refractivity contribution is -0.137. The van der Waals surface area contributed by atoms with E-state index in [-0.39, 0.29) is 22.6 Å². The highest BCUT2D eigenvalue weighted by atomic mass is 19.4. The van der Waals surface area contributed by atoms with Gasteiger partial charge >= 0.3 is 6.18 Å². The van der Waals surface area contributed by atoms with Crippen molar-refractivity contribution in [3.63, 3.8) is 0 Å². The van der Waals surface area contributed by atoms with Gasteiger partial charge in [0.1, 0.15) is 12.1 Å². The van der Waals surface area contributed by atoms with Gasteiger partial charge in [-0.1, -0.05) is 12.1 Å². The van der Waals surface area contributed by atoms with Crippen LogP contribution in [0.4, 0.5) is 13.2 Å². The summed E-state index contributed by atoms with van der Waals surface area (Å²) in [6.45, 7) is 0. The Morgan fingerprint density at radius 3 is 2.50 bits per heavy atom. The third kappa shape index (κ3) is 4.42. The number of amides is 1. The van der Waals surface area contributed by atoms with E-state index in [1.54, 1.807) is 0 Å². The molecule has 0 aliphatic rings. The molecule has 0 bridgehead atoms. The third-order valence-electron chi connectivity index (χ3n) is 3.01. The molecule has 0 aliphatic carbocycles. The lowest BCUT2D eigenvalue weighted by Gasteiger charge is -2.08. The van der Waals surface area contributed by atoms with Crippen molar-refractivity contribution in [3.05, 3.63) is 77.5 Å². The molecule has 5 nitrogen and oxygen atoms in total. The van der Waals surface area contributed by atoms with Crippen LogP contribution < -0.4 is 16.8 Å². The van der Waals surface area contributed by atoms with E-state index < -0.39 is 17.6 Å². The Bertz CT molecular complexity index is 778. The standard InChI is InChI=1S/C16H14F3N3O2/c17-16(18,19)12-3-1-2-10(8-12)13(20)4-5-14(21)22-15(23)11-6-7-24-9-11/h1-9H,20-21H2,(H,22,23)/b13-4-,14-5+. The smallest absolute Gasteiger partial charge is 0.416 e. The average Bonchev–Trinajstić information content (AvgIpc) is 3.06. The van der Waals surface area contributed by atoms with Gasteiger partial charge in [-0.2, -0.15) is 13.2 Å². The van der Waals surface area contributed by atoms with Crippen molar-refractivity contribution in [2.75, 3.05) is 0 Å². The summed E-state index contributed by atoms with van der Waals surface area (Å²) in [6.07, 6.45) is 0.716. The number of hydrogen-bond acceptors (Lipinski definition) is 4. The molecule has 1 aromatic heterocycles. The molecule has 0 atom stereocenters. The predicted octanol–water partition coefficient (Wildman–Crippen LogP) is 2.83. The molecular weight excluding hydrogens is 323 g/mol. The normalized spacial score (nSPS) is 13.0. The Morgan fingerprint density at radius 1 is 1.12 bits per heavy atom. The number of allylic oxidation sites excluding steroid dienone is 2. The van der Waals surface area contributed by atoms with Crippen LogP contribution in [0.2, 0.25) is 0 Å². The molecule has 0 unspecified atom stereocenters. The Labute approximate surface area is 135 Å². The number of nitrogens with two attached hydrogens (primary N) is 2. The van der Waals surface area contributed by atoms with Crippen molar-refractivity contribution in [2.24, 2.45) is 11.5 Å². The van der Waals surface area contributed by atoms with Gasteiger partial charge in [0, 0.05) is 5.70 Å². The van der Waals surface area contributed by atoms with Crippen LogP contribution >= 0.6 is 0 Å². The quantitative estimate of drug-likeness (QED) is 0.748. The van der Waals surface area contributed by atoms with Crippen molar-refractivity contribution in [1.82, 2.24) is 5.32 Å². The van der Waals surface area contributed by atoms with Gasteiger partial charge in [-0.15, -0.1) is 0 Å². The molecule has 5 N–H and O–H groups in total. The van der Waals surface area contributed by atoms with Gasteiger partial charge in [-0.25, -0.2) is 0 Å². The zero-order valence-corrected chi connectivity index (χ0v) is 12.3. The van der Waals surface area contributed by atoms with E-state index in [9.17, 15) is 18.0 Å². The van der Waals surface area contributed by atoms with E-state index in [0.29, 0.717) is 0 Å². The molecule has 2 rings (SSSR count). The molecular formula is C16H14F3N3O2. The van der Waals surface area contributed by atoms with Crippen LogP contribution in [-0.4, -0.2) is 5.91 Å². The molecule has 0 aliphatic heterocycles. The largest absolute Gasteiger partial charge is 0.472 e. The Morgan fingerprint density at radius 2 is 1.88 bits per heavy atom. The van der Waals surface area contributed by atoms with E-state index in [4.69, 9.17) is 15.9 Å². The summed E-state index contributed by atoms with van der Waals surface area (Å²) in [4.78, 5) is 11.7. The number of carbonyl (C=O) groups is 1. The van der Waals surface area contributed by atoms with Crippen LogP contribution in [0.25, 0.3) is 5.70 Å². The minimum atomic E-state index is -4.45. The maximum Gasteiger partial charge on any atom is 0.416 e. The first-order valence-electron chi connectivity index (χ1n) is 6.71. The Hall–Kier alpha value is -3.16. The number of nitrogens with one attached hydrogen (secondary N) is 1. The van der Waals surface area contributed by atoms with Gasteiger partial charge in [0.05, 0.1) is 17.4 Å². The number of furan rings is 1. The molecule has 24 heavy (non-hydrogen) atoms. The number of benzene rings is 1. The first kappa shape index (κ1) is 17.2. The van der Waals surface area contributed by atoms with E-state index in [1.165, 1.54) is 42.9 Å². The van der Waals surface area contributed by atoms with Crippen molar-refractivity contribution >= 4 is 11.6 Å². The van der Waals surface area contributed by atoms with Crippen molar-refractivity contribution < 1.29 is 22.4 Å². The summed E-state index contributed by atoms with van der Waals surface area (Å²) in [7, 11) is 0. The molecule has 0 saturated carbocycles. The van der Waals surface area contributed by atoms with Gasteiger partial charge in [0.2, 0.25) is 0 Å². The van der Waals surface area contributed by atoms with Crippen LogP contribution in [-0.2, 0) is 6.18 Å². The number of carbonyl (C=O) groups excluding carboxylic acids is 1. The molecule has 0 saturated heterocycles. The summed E-state index contributed by atoms with van der Waals surface area (Å²) in [5, 5.41) is 2.38. The highest BCUT2D eigenvalue weighted by Gasteiger charge is 2.30. The molecule has 2 aromatic rings. The summed E-state index contributed by atoms with van der Waals surface area (Å²) < 4.78 is 42.8. The molecule has 1 heterocycles. The fourth-order valence-corrected chi connectivity index (χ4v) is 1.79. The zero-order chi connectivity index (χ0) is 17.7. The highest BCUT2D eigenvalue weighted by Crippen LogP contribution is 2.30. The monoisotopic (exact) mass is 337 g/mol. The summed E-state index contributed by atoms with van der Waals surface area (Å²) in [5.74, 6) is -0.500. The van der Waals surface area contributed by atoms with Crippen LogP contribution in [0.3, 0.4) is 0 Å². The minimum Gasteiger partial charge on any atom is -0.472 e. The van der Waals surface area contributed by atoms with Gasteiger partial charge in [0.15, 0.2) is 0 Å². The maximum atomic E-state index is 12.7. The predicted molar refractivity (Wildman–Crippen MR) is 82.1 cm³/mol. The fourth-order valence-electron chi connectivity index (χ4n) is 1.79. The van der Waals surface area contributed by atoms with Gasteiger partial charge in [0.25, 0.3) is 5.91 Å². The Kier molecular flexibility index (Phi) is 4.98. The zero-order valence-electron chi connectivity index (χ0n) is 12.3. The molecule has 0 spiro atoms. The second kappa shape index (κ2) is 6.95. The maximum absolute atomic E-state index is 12.7. The van der Waals surface area contributed by atoms with Gasteiger partial charge < -0.3 is 21.2 Å². The van der Waals surface area contributed by atoms with Crippen LogP contribution in [0.5, 0.6) is 0 Å². The first-order valence-corrected chi connectivity index (χ1v) is 6.71. The van der Waals surface area contributed by atoms with Gasteiger partial charge in [-0.3, -0.25) is 4.79 Å². The lowest BCUT2D eigenvalue weighted by Crippen LogP contribution is -2.26. The molecule has 1 amide bonds. The number of rotatable bonds is 4. The highest BCUT2D eigenvalue weighted by molar-refractivity contribution is 5.94. The first-order chi connectivity index (χ1) is 11.3. The second-order valence-electron chi connectivity index (χ2n) is 4.79. The van der Waals surface area contributed by atoms with Crippen molar-refractivity contribution in [2.45, 2.75) is 6.18 Å². The number of hydrogen-bond donors (Lipinski definition) is 3. The minimum absolute atomic E-state index is 0.0175. The SMILES string of the molecule is N/C(=C\C=C(/N)NC(=O)c1ccoc1)c1cccc(C(F)(F)F)c1. The Balaban J connectivity index is 2.11. The van der Waals surface area contributed by atoms with Crippen molar-refractivity contribution in [3.8, 4) is 0 Å². The molecule has 126 valence electrons. The van der Waals surface area contributed by atoms with Gasteiger partial charge in [-0.05, 0) is 35.9 Å². The average molecular weight is 337 g/mol. The van der Waals surface area contributed by atoms with E-state index in [2.05, 4.69) is 5.32 Å². The summed E-state index contributed by atoms with van der Waals surface area (Å²) in [5.41, 5.74) is 11.1. The van der Waals surface area contributed by atoms with E-state index in [1.807, 2.05) is 0 Å². The molecule has 0 radical (unpaired) electrons.